The Bertz CT molecular complexity index is 482. The van der Waals surface area contributed by atoms with E-state index < -0.39 is 0 Å². The molecule has 1 heterocycles. The number of rotatable bonds is 5. The van der Waals surface area contributed by atoms with Crippen molar-refractivity contribution in [3.05, 3.63) is 15.6 Å². The van der Waals surface area contributed by atoms with Crippen molar-refractivity contribution in [2.75, 3.05) is 20.1 Å². The van der Waals surface area contributed by atoms with Crippen LogP contribution in [0.1, 0.15) is 28.5 Å². The minimum atomic E-state index is -0.334. The molecule has 0 radical (unpaired) electrons. The number of nitrogens with zero attached hydrogens (tertiary/aromatic N) is 2. The molecule has 0 saturated heterocycles. The van der Waals surface area contributed by atoms with Gasteiger partial charge in [0, 0.05) is 11.9 Å². The van der Waals surface area contributed by atoms with E-state index in [2.05, 4.69) is 10.3 Å². The molecule has 2 amide bonds. The Morgan fingerprint density at radius 1 is 1.38 bits per heavy atom. The van der Waals surface area contributed by atoms with Gasteiger partial charge in [-0.2, -0.15) is 0 Å². The number of hydrogen-bond acceptors (Lipinski definition) is 5. The third kappa shape index (κ3) is 6.17. The lowest BCUT2D eigenvalue weighted by molar-refractivity contribution is -0.133. The van der Waals surface area contributed by atoms with Crippen LogP contribution in [0.15, 0.2) is 0 Å². The van der Waals surface area contributed by atoms with Crippen molar-refractivity contribution in [3.63, 3.8) is 0 Å². The van der Waals surface area contributed by atoms with E-state index in [1.54, 1.807) is 23.3 Å². The summed E-state index contributed by atoms with van der Waals surface area (Å²) in [5.74, 6) is -0.487. The summed E-state index contributed by atoms with van der Waals surface area (Å²) in [7, 11) is 1.72. The van der Waals surface area contributed by atoms with Crippen LogP contribution < -0.4 is 11.1 Å². The molecule has 1 rings (SSSR count). The molecular weight excluding hydrogens is 335 g/mol. The summed E-state index contributed by atoms with van der Waals surface area (Å²) in [6, 6.07) is -0.0616. The molecular formula is C12H22Cl2N4O2S. The molecule has 122 valence electrons. The largest absolute Gasteiger partial charge is 0.346 e. The smallest absolute Gasteiger partial charge is 0.242 e. The minimum Gasteiger partial charge on any atom is -0.346 e. The first-order valence-electron chi connectivity index (χ1n) is 6.03. The quantitative estimate of drug-likeness (QED) is 0.829. The van der Waals surface area contributed by atoms with Crippen molar-refractivity contribution < 1.29 is 9.59 Å². The van der Waals surface area contributed by atoms with E-state index in [1.807, 2.05) is 20.8 Å². The van der Waals surface area contributed by atoms with Crippen LogP contribution in [0.25, 0.3) is 0 Å². The van der Waals surface area contributed by atoms with Gasteiger partial charge in [0.25, 0.3) is 0 Å². The van der Waals surface area contributed by atoms with Crippen molar-refractivity contribution in [2.24, 2.45) is 5.73 Å². The first-order valence-corrected chi connectivity index (χ1v) is 6.84. The summed E-state index contributed by atoms with van der Waals surface area (Å²) in [5.41, 5.74) is 6.11. The summed E-state index contributed by atoms with van der Waals surface area (Å²) >= 11 is 1.58. The van der Waals surface area contributed by atoms with Crippen LogP contribution in [0.5, 0.6) is 0 Å². The van der Waals surface area contributed by atoms with E-state index in [-0.39, 0.29) is 55.8 Å². The molecule has 0 bridgehead atoms. The predicted molar refractivity (Wildman–Crippen MR) is 89.3 cm³/mol. The van der Waals surface area contributed by atoms with Crippen LogP contribution in [-0.2, 0) is 9.59 Å². The maximum absolute atomic E-state index is 12.0. The number of thiazole rings is 1. The number of likely N-dealkylation sites (N-methyl/N-ethyl adjacent to an activating group) is 1. The minimum absolute atomic E-state index is 0. The van der Waals surface area contributed by atoms with Crippen molar-refractivity contribution in [2.45, 2.75) is 26.8 Å². The first-order chi connectivity index (χ1) is 8.86. The Balaban J connectivity index is 0. The topological polar surface area (TPSA) is 88.3 Å². The first kappa shape index (κ1) is 22.4. The third-order valence-electron chi connectivity index (χ3n) is 2.92. The maximum Gasteiger partial charge on any atom is 0.242 e. The van der Waals surface area contributed by atoms with Gasteiger partial charge >= 0.3 is 0 Å². The van der Waals surface area contributed by atoms with Gasteiger partial charge in [-0.15, -0.1) is 36.2 Å². The second-order valence-corrected chi connectivity index (χ2v) is 5.58. The van der Waals surface area contributed by atoms with Crippen LogP contribution >= 0.6 is 36.2 Å². The number of carbonyl (C=O) groups is 2. The highest BCUT2D eigenvalue weighted by molar-refractivity contribution is 7.11. The molecule has 6 nitrogen and oxygen atoms in total. The molecule has 1 aromatic rings. The zero-order valence-corrected chi connectivity index (χ0v) is 15.0. The Morgan fingerprint density at radius 2 is 1.95 bits per heavy atom. The number of aryl methyl sites for hydroxylation is 2. The van der Waals surface area contributed by atoms with E-state index >= 15 is 0 Å². The summed E-state index contributed by atoms with van der Waals surface area (Å²) in [6.45, 7) is 5.68. The Labute approximate surface area is 141 Å². The second kappa shape index (κ2) is 9.94. The van der Waals surface area contributed by atoms with Gasteiger partial charge < -0.3 is 16.0 Å². The number of carbonyl (C=O) groups excluding carboxylic acids is 2. The average Bonchev–Trinajstić information content (AvgIpc) is 2.72. The summed E-state index contributed by atoms with van der Waals surface area (Å²) < 4.78 is 0. The van der Waals surface area contributed by atoms with Gasteiger partial charge in [0.2, 0.25) is 11.8 Å². The number of hydrogen-bond donors (Lipinski definition) is 2. The van der Waals surface area contributed by atoms with Crippen molar-refractivity contribution in [1.29, 1.82) is 0 Å². The standard InChI is InChI=1S/C12H20N4O2S.2ClH/c1-7-12(19-9(3)15-7)8(2)16(4)11(18)6-14-10(17)5-13;;/h8H,5-6,13H2,1-4H3,(H,14,17);2*1H. The van der Waals surface area contributed by atoms with Crippen LogP contribution in [0.2, 0.25) is 0 Å². The molecule has 0 aliphatic carbocycles. The van der Waals surface area contributed by atoms with Crippen molar-refractivity contribution in [3.8, 4) is 0 Å². The Morgan fingerprint density at radius 3 is 2.38 bits per heavy atom. The van der Waals surface area contributed by atoms with Gasteiger partial charge in [0.05, 0.1) is 29.8 Å². The van der Waals surface area contributed by atoms with Crippen molar-refractivity contribution in [1.82, 2.24) is 15.2 Å². The molecule has 21 heavy (non-hydrogen) atoms. The van der Waals surface area contributed by atoms with Crippen LogP contribution in [0, 0.1) is 13.8 Å². The van der Waals surface area contributed by atoms with E-state index in [9.17, 15) is 9.59 Å². The average molecular weight is 357 g/mol. The van der Waals surface area contributed by atoms with E-state index in [1.165, 1.54) is 0 Å². The lowest BCUT2D eigenvalue weighted by atomic mass is 10.2. The number of nitrogens with two attached hydrogens (primary N) is 1. The number of nitrogens with one attached hydrogen (secondary N) is 1. The molecule has 1 aromatic heterocycles. The SMILES string of the molecule is Cc1nc(C)c(C(C)N(C)C(=O)CNC(=O)CN)s1.Cl.Cl. The van der Waals surface area contributed by atoms with Crippen molar-refractivity contribution >= 4 is 48.0 Å². The van der Waals surface area contributed by atoms with Gasteiger partial charge in [0.15, 0.2) is 0 Å². The zero-order valence-electron chi connectivity index (χ0n) is 12.5. The van der Waals surface area contributed by atoms with E-state index in [4.69, 9.17) is 5.73 Å². The molecule has 0 saturated carbocycles. The van der Waals surface area contributed by atoms with Crippen LogP contribution in [0.4, 0.5) is 0 Å². The maximum atomic E-state index is 12.0. The molecule has 9 heteroatoms. The highest BCUT2D eigenvalue weighted by Gasteiger charge is 2.21. The third-order valence-corrected chi connectivity index (χ3v) is 4.16. The van der Waals surface area contributed by atoms with Gasteiger partial charge in [-0.1, -0.05) is 0 Å². The molecule has 0 spiro atoms. The molecule has 0 aromatic carbocycles. The lowest BCUT2D eigenvalue weighted by Crippen LogP contribution is -2.41. The molecule has 0 aliphatic heterocycles. The Kier molecular flexibility index (Phi) is 10.6. The Hall–Kier alpha value is -0.890. The van der Waals surface area contributed by atoms with Crippen LogP contribution in [-0.4, -0.2) is 41.8 Å². The summed E-state index contributed by atoms with van der Waals surface area (Å²) in [6.07, 6.45) is 0. The predicted octanol–water partition coefficient (Wildman–Crippen LogP) is 1.20. The van der Waals surface area contributed by atoms with Crippen LogP contribution in [0.3, 0.4) is 0 Å². The highest BCUT2D eigenvalue weighted by Crippen LogP contribution is 2.27. The molecule has 0 aliphatic rings. The number of aromatic nitrogens is 1. The summed E-state index contributed by atoms with van der Waals surface area (Å²) in [5, 5.41) is 3.45. The molecule has 0 fully saturated rings. The number of amides is 2. The molecule has 1 atom stereocenters. The van der Waals surface area contributed by atoms with E-state index in [0.29, 0.717) is 0 Å². The fraction of sp³-hybridized carbons (Fsp3) is 0.583. The lowest BCUT2D eigenvalue weighted by Gasteiger charge is -2.24. The fourth-order valence-corrected chi connectivity index (χ4v) is 2.72. The fourth-order valence-electron chi connectivity index (χ4n) is 1.70. The van der Waals surface area contributed by atoms with Gasteiger partial charge in [-0.05, 0) is 20.8 Å². The highest BCUT2D eigenvalue weighted by atomic mass is 35.5. The summed E-state index contributed by atoms with van der Waals surface area (Å²) in [4.78, 5) is 30.0. The van der Waals surface area contributed by atoms with E-state index in [0.717, 1.165) is 15.6 Å². The number of halogens is 2. The van der Waals surface area contributed by atoms with Gasteiger partial charge in [-0.25, -0.2) is 4.98 Å². The second-order valence-electron chi connectivity index (χ2n) is 4.34. The van der Waals surface area contributed by atoms with Gasteiger partial charge in [0.1, 0.15) is 0 Å². The molecule has 3 N–H and O–H groups in total. The normalized spacial score (nSPS) is 10.9. The monoisotopic (exact) mass is 356 g/mol. The molecule has 1 unspecified atom stereocenters. The zero-order chi connectivity index (χ0) is 14.6. The van der Waals surface area contributed by atoms with Gasteiger partial charge in [-0.3, -0.25) is 9.59 Å².